The summed E-state index contributed by atoms with van der Waals surface area (Å²) in [6.07, 6.45) is 2.17. The number of nitriles is 1. The molecular formula is C13H15ClN2O. The zero-order chi connectivity index (χ0) is 12.1. The van der Waals surface area contributed by atoms with Crippen molar-refractivity contribution in [2.24, 2.45) is 5.92 Å². The molecule has 1 aromatic rings. The molecule has 0 atom stereocenters. The van der Waals surface area contributed by atoms with Gasteiger partial charge in [0.15, 0.2) is 0 Å². The molecule has 1 aliphatic rings. The van der Waals surface area contributed by atoms with Gasteiger partial charge in [0.25, 0.3) is 0 Å². The van der Waals surface area contributed by atoms with Crippen molar-refractivity contribution in [2.45, 2.75) is 12.8 Å². The van der Waals surface area contributed by atoms with E-state index in [1.165, 1.54) is 0 Å². The Morgan fingerprint density at radius 2 is 2.18 bits per heavy atom. The van der Waals surface area contributed by atoms with Gasteiger partial charge in [0.05, 0.1) is 11.3 Å². The molecule has 1 heterocycles. The van der Waals surface area contributed by atoms with Crippen LogP contribution in [0.2, 0.25) is 5.02 Å². The highest BCUT2D eigenvalue weighted by Gasteiger charge is 2.13. The van der Waals surface area contributed by atoms with Gasteiger partial charge in [-0.25, -0.2) is 0 Å². The second-order valence-corrected chi connectivity index (χ2v) is 4.67. The maximum absolute atomic E-state index is 9.01. The molecule has 0 spiro atoms. The van der Waals surface area contributed by atoms with Crippen LogP contribution in [0.5, 0.6) is 0 Å². The lowest BCUT2D eigenvalue weighted by Crippen LogP contribution is -2.22. The Morgan fingerprint density at radius 3 is 2.88 bits per heavy atom. The molecular weight excluding hydrogens is 236 g/mol. The fourth-order valence-corrected chi connectivity index (χ4v) is 2.14. The summed E-state index contributed by atoms with van der Waals surface area (Å²) in [5.74, 6) is 0.631. The van der Waals surface area contributed by atoms with E-state index in [0.717, 1.165) is 38.3 Å². The monoisotopic (exact) mass is 250 g/mol. The largest absolute Gasteiger partial charge is 0.384 e. The normalized spacial score (nSPS) is 16.5. The number of nitrogens with one attached hydrogen (secondary N) is 1. The minimum Gasteiger partial charge on any atom is -0.384 e. The summed E-state index contributed by atoms with van der Waals surface area (Å²) in [5.41, 5.74) is 1.47. The fraction of sp³-hybridized carbons (Fsp3) is 0.462. The minimum absolute atomic E-state index is 0.596. The van der Waals surface area contributed by atoms with Crippen LogP contribution in [0.3, 0.4) is 0 Å². The molecule has 0 saturated carbocycles. The van der Waals surface area contributed by atoms with E-state index < -0.39 is 0 Å². The first kappa shape index (κ1) is 12.2. The summed E-state index contributed by atoms with van der Waals surface area (Å²) in [6.45, 7) is 2.58. The van der Waals surface area contributed by atoms with Crippen LogP contribution < -0.4 is 5.32 Å². The van der Waals surface area contributed by atoms with Crippen LogP contribution in [0.1, 0.15) is 18.4 Å². The second-order valence-electron chi connectivity index (χ2n) is 4.24. The number of nitrogens with zero attached hydrogens (tertiary/aromatic N) is 1. The molecule has 1 aliphatic heterocycles. The number of rotatable bonds is 3. The average Bonchev–Trinajstić information content (AvgIpc) is 2.38. The topological polar surface area (TPSA) is 45.0 Å². The van der Waals surface area contributed by atoms with Crippen molar-refractivity contribution in [1.82, 2.24) is 0 Å². The van der Waals surface area contributed by atoms with E-state index in [-0.39, 0.29) is 0 Å². The lowest BCUT2D eigenvalue weighted by atomic mass is 10.0. The number of anilines is 1. The van der Waals surface area contributed by atoms with Gasteiger partial charge in [-0.15, -0.1) is 0 Å². The number of halogens is 1. The van der Waals surface area contributed by atoms with E-state index in [2.05, 4.69) is 11.4 Å². The molecule has 1 fully saturated rings. The lowest BCUT2D eigenvalue weighted by Gasteiger charge is -2.22. The third-order valence-electron chi connectivity index (χ3n) is 3.02. The number of ether oxygens (including phenoxy) is 1. The molecule has 1 aromatic carbocycles. The number of hydrogen-bond donors (Lipinski definition) is 1. The maximum atomic E-state index is 9.01. The molecule has 0 bridgehead atoms. The van der Waals surface area contributed by atoms with Gasteiger partial charge in [-0.2, -0.15) is 5.26 Å². The highest BCUT2D eigenvalue weighted by atomic mass is 35.5. The second kappa shape index (κ2) is 5.90. The number of hydrogen-bond acceptors (Lipinski definition) is 3. The van der Waals surface area contributed by atoms with E-state index >= 15 is 0 Å². The molecule has 4 heteroatoms. The summed E-state index contributed by atoms with van der Waals surface area (Å²) >= 11 is 5.85. The summed E-state index contributed by atoms with van der Waals surface area (Å²) in [4.78, 5) is 0. The minimum atomic E-state index is 0.596. The fourth-order valence-electron chi connectivity index (χ4n) is 1.97. The van der Waals surface area contributed by atoms with Crippen molar-refractivity contribution in [2.75, 3.05) is 25.1 Å². The molecule has 0 aliphatic carbocycles. The van der Waals surface area contributed by atoms with Crippen molar-refractivity contribution in [3.05, 3.63) is 28.8 Å². The highest BCUT2D eigenvalue weighted by Crippen LogP contribution is 2.21. The maximum Gasteiger partial charge on any atom is 0.101 e. The molecule has 17 heavy (non-hydrogen) atoms. The van der Waals surface area contributed by atoms with Crippen LogP contribution >= 0.6 is 11.6 Å². The van der Waals surface area contributed by atoms with E-state index in [4.69, 9.17) is 21.6 Å². The Labute approximate surface area is 106 Å². The molecule has 2 rings (SSSR count). The Hall–Kier alpha value is -1.24. The molecule has 0 amide bonds. The third kappa shape index (κ3) is 3.36. The Balaban J connectivity index is 1.96. The highest BCUT2D eigenvalue weighted by molar-refractivity contribution is 6.30. The molecule has 1 N–H and O–H groups in total. The van der Waals surface area contributed by atoms with Crippen molar-refractivity contribution < 1.29 is 4.74 Å². The molecule has 90 valence electrons. The van der Waals surface area contributed by atoms with Gasteiger partial charge in [0.2, 0.25) is 0 Å². The van der Waals surface area contributed by atoms with Crippen molar-refractivity contribution >= 4 is 17.3 Å². The molecule has 0 radical (unpaired) electrons. The van der Waals surface area contributed by atoms with Gasteiger partial charge in [0.1, 0.15) is 6.07 Å². The van der Waals surface area contributed by atoms with Gasteiger partial charge < -0.3 is 10.1 Å². The van der Waals surface area contributed by atoms with Gasteiger partial charge in [-0.1, -0.05) is 11.6 Å². The van der Waals surface area contributed by atoms with Gasteiger partial charge >= 0.3 is 0 Å². The standard InChI is InChI=1S/C13H15ClN2O/c14-12-1-2-13(11(7-12)8-15)16-9-10-3-5-17-6-4-10/h1-2,7,10,16H,3-6,9H2. The molecule has 0 aromatic heterocycles. The molecule has 1 saturated heterocycles. The predicted octanol–water partition coefficient (Wildman–Crippen LogP) is 3.05. The Kier molecular flexibility index (Phi) is 4.24. The summed E-state index contributed by atoms with van der Waals surface area (Å²) in [5, 5.41) is 12.9. The Bertz CT molecular complexity index is 422. The smallest absolute Gasteiger partial charge is 0.101 e. The van der Waals surface area contributed by atoms with E-state index in [1.807, 2.05) is 6.07 Å². The van der Waals surface area contributed by atoms with E-state index in [1.54, 1.807) is 12.1 Å². The van der Waals surface area contributed by atoms with E-state index in [0.29, 0.717) is 16.5 Å². The molecule has 3 nitrogen and oxygen atoms in total. The van der Waals surface area contributed by atoms with Gasteiger partial charge in [-0.3, -0.25) is 0 Å². The number of benzene rings is 1. The van der Waals surface area contributed by atoms with Crippen LogP contribution in [0, 0.1) is 17.2 Å². The zero-order valence-electron chi connectivity index (χ0n) is 9.58. The average molecular weight is 251 g/mol. The lowest BCUT2D eigenvalue weighted by molar-refractivity contribution is 0.0699. The molecule has 0 unspecified atom stereocenters. The SMILES string of the molecule is N#Cc1cc(Cl)ccc1NCC1CCOCC1. The van der Waals surface area contributed by atoms with Crippen LogP contribution in [0.15, 0.2) is 18.2 Å². The first-order valence-electron chi connectivity index (χ1n) is 5.81. The van der Waals surface area contributed by atoms with Crippen molar-refractivity contribution in [1.29, 1.82) is 5.26 Å². The Morgan fingerprint density at radius 1 is 1.41 bits per heavy atom. The zero-order valence-corrected chi connectivity index (χ0v) is 10.3. The summed E-state index contributed by atoms with van der Waals surface area (Å²) in [7, 11) is 0. The van der Waals surface area contributed by atoms with Crippen LogP contribution in [-0.4, -0.2) is 19.8 Å². The van der Waals surface area contributed by atoms with Crippen LogP contribution in [0.4, 0.5) is 5.69 Å². The summed E-state index contributed by atoms with van der Waals surface area (Å²) in [6, 6.07) is 7.50. The predicted molar refractivity (Wildman–Crippen MR) is 68.2 cm³/mol. The third-order valence-corrected chi connectivity index (χ3v) is 3.26. The van der Waals surface area contributed by atoms with Crippen LogP contribution in [-0.2, 0) is 4.74 Å². The van der Waals surface area contributed by atoms with Crippen molar-refractivity contribution in [3.63, 3.8) is 0 Å². The van der Waals surface area contributed by atoms with E-state index in [9.17, 15) is 0 Å². The first-order valence-corrected chi connectivity index (χ1v) is 6.18. The van der Waals surface area contributed by atoms with Gasteiger partial charge in [0, 0.05) is 24.8 Å². The van der Waals surface area contributed by atoms with Gasteiger partial charge in [-0.05, 0) is 37.0 Å². The van der Waals surface area contributed by atoms with Crippen molar-refractivity contribution in [3.8, 4) is 6.07 Å². The quantitative estimate of drug-likeness (QED) is 0.897. The first-order chi connectivity index (χ1) is 8.29. The summed E-state index contributed by atoms with van der Waals surface area (Å²) < 4.78 is 5.31. The van der Waals surface area contributed by atoms with Crippen LogP contribution in [0.25, 0.3) is 0 Å².